The fourth-order valence-electron chi connectivity index (χ4n) is 3.16. The van der Waals surface area contributed by atoms with E-state index >= 15 is 0 Å². The molecule has 1 saturated heterocycles. The first-order chi connectivity index (χ1) is 11.7. The van der Waals surface area contributed by atoms with Gasteiger partial charge >= 0.3 is 0 Å². The van der Waals surface area contributed by atoms with Crippen LogP contribution in [0.25, 0.3) is 11.4 Å². The van der Waals surface area contributed by atoms with Crippen LogP contribution in [0.3, 0.4) is 0 Å². The van der Waals surface area contributed by atoms with Crippen LogP contribution in [0, 0.1) is 0 Å². The van der Waals surface area contributed by atoms with Gasteiger partial charge in [-0.1, -0.05) is 18.7 Å². The van der Waals surface area contributed by atoms with Gasteiger partial charge in [-0.15, -0.1) is 10.2 Å². The van der Waals surface area contributed by atoms with Gasteiger partial charge in [-0.2, -0.15) is 0 Å². The fourth-order valence-corrected chi connectivity index (χ4v) is 3.95. The number of carbonyl (C=O) groups is 1. The van der Waals surface area contributed by atoms with Crippen molar-refractivity contribution >= 4 is 17.7 Å². The molecule has 0 saturated carbocycles. The third-order valence-corrected chi connectivity index (χ3v) is 5.52. The van der Waals surface area contributed by atoms with E-state index < -0.39 is 0 Å². The molecule has 7 heteroatoms. The summed E-state index contributed by atoms with van der Waals surface area (Å²) in [6, 6.07) is 4.21. The summed E-state index contributed by atoms with van der Waals surface area (Å²) in [6.45, 7) is 3.05. The molecule has 2 aromatic heterocycles. The van der Waals surface area contributed by atoms with E-state index in [1.807, 2.05) is 23.7 Å². The summed E-state index contributed by atoms with van der Waals surface area (Å²) in [5, 5.41) is 9.24. The normalized spacial score (nSPS) is 17.9. The highest BCUT2D eigenvalue weighted by molar-refractivity contribution is 7.99. The lowest BCUT2D eigenvalue weighted by Gasteiger charge is -2.35. The molecule has 3 heterocycles. The van der Waals surface area contributed by atoms with E-state index in [4.69, 9.17) is 0 Å². The van der Waals surface area contributed by atoms with Gasteiger partial charge in [-0.05, 0) is 37.8 Å². The summed E-state index contributed by atoms with van der Waals surface area (Å²) in [5.41, 5.74) is 0.972. The molecule has 1 aliphatic heterocycles. The van der Waals surface area contributed by atoms with Gasteiger partial charge in [0.25, 0.3) is 0 Å². The van der Waals surface area contributed by atoms with Crippen LogP contribution in [-0.2, 0) is 11.8 Å². The Morgan fingerprint density at radius 3 is 2.83 bits per heavy atom. The Morgan fingerprint density at radius 1 is 1.29 bits per heavy atom. The number of aromatic nitrogens is 4. The number of piperidine rings is 1. The van der Waals surface area contributed by atoms with Gasteiger partial charge in [0.1, 0.15) is 0 Å². The number of pyridine rings is 1. The summed E-state index contributed by atoms with van der Waals surface area (Å²) in [4.78, 5) is 18.6. The highest BCUT2D eigenvalue weighted by Gasteiger charge is 2.25. The van der Waals surface area contributed by atoms with Gasteiger partial charge < -0.3 is 9.47 Å². The number of amides is 1. The van der Waals surface area contributed by atoms with Gasteiger partial charge in [0, 0.05) is 37.6 Å². The van der Waals surface area contributed by atoms with E-state index in [0.717, 1.165) is 42.4 Å². The van der Waals surface area contributed by atoms with Crippen molar-refractivity contribution in [2.45, 2.75) is 43.8 Å². The highest BCUT2D eigenvalue weighted by Crippen LogP contribution is 2.24. The largest absolute Gasteiger partial charge is 0.339 e. The molecule has 0 unspecified atom stereocenters. The van der Waals surface area contributed by atoms with Crippen LogP contribution >= 0.6 is 11.8 Å². The monoisotopic (exact) mass is 345 g/mol. The minimum atomic E-state index is 0.208. The van der Waals surface area contributed by atoms with Crippen molar-refractivity contribution in [1.82, 2.24) is 24.6 Å². The highest BCUT2D eigenvalue weighted by atomic mass is 32.2. The zero-order chi connectivity index (χ0) is 16.9. The average molecular weight is 345 g/mol. The second kappa shape index (κ2) is 7.79. The second-order valence-corrected chi connectivity index (χ2v) is 6.98. The van der Waals surface area contributed by atoms with Crippen LogP contribution in [0.1, 0.15) is 32.6 Å². The molecule has 128 valence electrons. The Labute approximate surface area is 146 Å². The van der Waals surface area contributed by atoms with Gasteiger partial charge in [0.2, 0.25) is 5.91 Å². The van der Waals surface area contributed by atoms with Gasteiger partial charge in [0.05, 0.1) is 5.75 Å². The molecular formula is C17H23N5OS. The lowest BCUT2D eigenvalue weighted by atomic mass is 10.0. The predicted molar refractivity (Wildman–Crippen MR) is 94.6 cm³/mol. The van der Waals surface area contributed by atoms with Crippen LogP contribution in [-0.4, -0.2) is 48.9 Å². The number of likely N-dealkylation sites (tertiary alicyclic amines) is 1. The van der Waals surface area contributed by atoms with E-state index in [1.54, 1.807) is 12.4 Å². The Kier molecular flexibility index (Phi) is 5.50. The van der Waals surface area contributed by atoms with Crippen LogP contribution < -0.4 is 0 Å². The summed E-state index contributed by atoms with van der Waals surface area (Å²) in [6.07, 6.45) is 7.98. The SMILES string of the molecule is CC[C@@H]1CCCCN1C(=O)CSc1nnc(-c2ccncc2)n1C. The average Bonchev–Trinajstić information content (AvgIpc) is 3.01. The van der Waals surface area contributed by atoms with Crippen LogP contribution in [0.15, 0.2) is 29.7 Å². The van der Waals surface area contributed by atoms with Crippen molar-refractivity contribution in [3.8, 4) is 11.4 Å². The fraction of sp³-hybridized carbons (Fsp3) is 0.529. The zero-order valence-electron chi connectivity index (χ0n) is 14.2. The Morgan fingerprint density at radius 2 is 2.08 bits per heavy atom. The first-order valence-electron chi connectivity index (χ1n) is 8.42. The van der Waals surface area contributed by atoms with Crippen molar-refractivity contribution in [2.24, 2.45) is 7.05 Å². The topological polar surface area (TPSA) is 63.9 Å². The second-order valence-electron chi connectivity index (χ2n) is 6.03. The molecule has 0 radical (unpaired) electrons. The summed E-state index contributed by atoms with van der Waals surface area (Å²) < 4.78 is 1.93. The van der Waals surface area contributed by atoms with E-state index in [2.05, 4.69) is 27.0 Å². The molecule has 0 spiro atoms. The molecule has 6 nitrogen and oxygen atoms in total. The number of rotatable bonds is 5. The quantitative estimate of drug-likeness (QED) is 0.780. The lowest BCUT2D eigenvalue weighted by molar-refractivity contribution is -0.132. The Bertz CT molecular complexity index is 688. The molecule has 0 aliphatic carbocycles. The van der Waals surface area contributed by atoms with Crippen molar-refractivity contribution in [2.75, 3.05) is 12.3 Å². The van der Waals surface area contributed by atoms with Crippen molar-refractivity contribution < 1.29 is 4.79 Å². The van der Waals surface area contributed by atoms with E-state index in [9.17, 15) is 4.79 Å². The van der Waals surface area contributed by atoms with E-state index in [1.165, 1.54) is 18.2 Å². The molecule has 1 atom stereocenters. The maximum Gasteiger partial charge on any atom is 0.233 e. The first-order valence-corrected chi connectivity index (χ1v) is 9.41. The van der Waals surface area contributed by atoms with Crippen LogP contribution in [0.5, 0.6) is 0 Å². The molecule has 1 aliphatic rings. The number of nitrogens with zero attached hydrogens (tertiary/aromatic N) is 5. The number of carbonyl (C=O) groups excluding carboxylic acids is 1. The minimum Gasteiger partial charge on any atom is -0.339 e. The number of hydrogen-bond donors (Lipinski definition) is 0. The van der Waals surface area contributed by atoms with Gasteiger partial charge in [-0.25, -0.2) is 0 Å². The molecule has 1 fully saturated rings. The third kappa shape index (κ3) is 3.61. The molecule has 2 aromatic rings. The van der Waals surface area contributed by atoms with Gasteiger partial charge in [0.15, 0.2) is 11.0 Å². The zero-order valence-corrected chi connectivity index (χ0v) is 15.0. The molecule has 0 bridgehead atoms. The third-order valence-electron chi connectivity index (χ3n) is 4.52. The smallest absolute Gasteiger partial charge is 0.233 e. The van der Waals surface area contributed by atoms with Gasteiger partial charge in [-0.3, -0.25) is 9.78 Å². The summed E-state index contributed by atoms with van der Waals surface area (Å²) in [7, 11) is 1.93. The van der Waals surface area contributed by atoms with Crippen molar-refractivity contribution in [1.29, 1.82) is 0 Å². The van der Waals surface area contributed by atoms with Crippen LogP contribution in [0.2, 0.25) is 0 Å². The maximum absolute atomic E-state index is 12.6. The van der Waals surface area contributed by atoms with Crippen molar-refractivity contribution in [3.05, 3.63) is 24.5 Å². The van der Waals surface area contributed by atoms with Crippen molar-refractivity contribution in [3.63, 3.8) is 0 Å². The first kappa shape index (κ1) is 17.0. The molecule has 0 aromatic carbocycles. The number of hydrogen-bond acceptors (Lipinski definition) is 5. The standard InChI is InChI=1S/C17H23N5OS/c1-3-14-6-4-5-11-22(14)15(23)12-24-17-20-19-16(21(17)2)13-7-9-18-10-8-13/h7-10,14H,3-6,11-12H2,1-2H3/t14-/m1/s1. The van der Waals surface area contributed by atoms with Crippen LogP contribution in [0.4, 0.5) is 0 Å². The minimum absolute atomic E-state index is 0.208. The molecule has 3 rings (SSSR count). The predicted octanol–water partition coefficient (Wildman–Crippen LogP) is 2.76. The molecular weight excluding hydrogens is 322 g/mol. The summed E-state index contributed by atoms with van der Waals surface area (Å²) in [5.74, 6) is 1.41. The lowest BCUT2D eigenvalue weighted by Crippen LogP contribution is -2.44. The summed E-state index contributed by atoms with van der Waals surface area (Å²) >= 11 is 1.46. The molecule has 0 N–H and O–H groups in total. The van der Waals surface area contributed by atoms with E-state index in [-0.39, 0.29) is 5.91 Å². The maximum atomic E-state index is 12.6. The molecule has 1 amide bonds. The molecule has 24 heavy (non-hydrogen) atoms. The Hall–Kier alpha value is -1.89. The number of thioether (sulfide) groups is 1. The van der Waals surface area contributed by atoms with E-state index in [0.29, 0.717) is 11.8 Å². The Balaban J connectivity index is 1.65.